The molecule has 0 spiro atoms. The molecule has 0 saturated heterocycles. The summed E-state index contributed by atoms with van der Waals surface area (Å²) in [7, 11) is 0. The van der Waals surface area contributed by atoms with Crippen LogP contribution in [0.2, 0.25) is 0 Å². The summed E-state index contributed by atoms with van der Waals surface area (Å²) in [6.07, 6.45) is 1.11. The van der Waals surface area contributed by atoms with Crippen molar-refractivity contribution in [1.82, 2.24) is 0 Å². The molecule has 1 heterocycles. The second-order valence-electron chi connectivity index (χ2n) is 3.78. The fraction of sp³-hybridized carbons (Fsp3) is 0.364. The molecule has 2 aliphatic rings. The lowest BCUT2D eigenvalue weighted by Gasteiger charge is -2.03. The van der Waals surface area contributed by atoms with Crippen molar-refractivity contribution in [3.63, 3.8) is 0 Å². The van der Waals surface area contributed by atoms with Crippen molar-refractivity contribution in [3.05, 3.63) is 28.8 Å². The van der Waals surface area contributed by atoms with E-state index in [1.165, 1.54) is 0 Å². The van der Waals surface area contributed by atoms with Crippen molar-refractivity contribution in [3.8, 4) is 5.75 Å². The number of hydrogen-bond donors (Lipinski definition) is 1. The molecule has 3 nitrogen and oxygen atoms in total. The number of rotatable bonds is 0. The van der Waals surface area contributed by atoms with Gasteiger partial charge in [0.15, 0.2) is 5.78 Å². The van der Waals surface area contributed by atoms with E-state index < -0.39 is 6.29 Å². The second kappa shape index (κ2) is 2.58. The third-order valence-electron chi connectivity index (χ3n) is 2.90. The average molecular weight is 190 g/mol. The molecule has 72 valence electrons. The molecule has 0 saturated carbocycles. The van der Waals surface area contributed by atoms with Gasteiger partial charge in [0.1, 0.15) is 5.75 Å². The summed E-state index contributed by atoms with van der Waals surface area (Å²) in [5.41, 5.74) is 2.81. The summed E-state index contributed by atoms with van der Waals surface area (Å²) in [4.78, 5) is 11.6. The standard InChI is InChI=1S/C11H10O3/c12-8-3-1-6-2-4-9-7(11(6)8)5-10(13)14-9/h2,4,10,13H,1,3,5H2. The first-order valence-corrected chi connectivity index (χ1v) is 4.78. The van der Waals surface area contributed by atoms with Crippen molar-refractivity contribution in [2.75, 3.05) is 0 Å². The first-order chi connectivity index (χ1) is 6.75. The van der Waals surface area contributed by atoms with Crippen molar-refractivity contribution in [1.29, 1.82) is 0 Å². The van der Waals surface area contributed by atoms with Crippen LogP contribution in [0.15, 0.2) is 12.1 Å². The summed E-state index contributed by atoms with van der Waals surface area (Å²) < 4.78 is 5.18. The number of hydrogen-bond acceptors (Lipinski definition) is 3. The van der Waals surface area contributed by atoms with E-state index in [-0.39, 0.29) is 5.78 Å². The van der Waals surface area contributed by atoms with Crippen LogP contribution in [-0.2, 0) is 12.8 Å². The fourth-order valence-corrected chi connectivity index (χ4v) is 2.28. The minimum atomic E-state index is -0.773. The molecule has 3 heteroatoms. The second-order valence-corrected chi connectivity index (χ2v) is 3.78. The van der Waals surface area contributed by atoms with Crippen molar-refractivity contribution in [2.24, 2.45) is 0 Å². The van der Waals surface area contributed by atoms with Crippen LogP contribution in [0.1, 0.15) is 27.9 Å². The largest absolute Gasteiger partial charge is 0.464 e. The van der Waals surface area contributed by atoms with Crippen LogP contribution < -0.4 is 4.74 Å². The predicted molar refractivity (Wildman–Crippen MR) is 49.4 cm³/mol. The van der Waals surface area contributed by atoms with Gasteiger partial charge in [0.05, 0.1) is 0 Å². The van der Waals surface area contributed by atoms with Gasteiger partial charge in [0.2, 0.25) is 6.29 Å². The molecule has 14 heavy (non-hydrogen) atoms. The molecule has 0 radical (unpaired) electrons. The average Bonchev–Trinajstić information content (AvgIpc) is 2.68. The van der Waals surface area contributed by atoms with Gasteiger partial charge < -0.3 is 9.84 Å². The monoisotopic (exact) mass is 190 g/mol. The number of ether oxygens (including phenoxy) is 1. The Morgan fingerprint density at radius 1 is 1.36 bits per heavy atom. The molecule has 1 aromatic carbocycles. The summed E-state index contributed by atoms with van der Waals surface area (Å²) in [6, 6.07) is 3.78. The fourth-order valence-electron chi connectivity index (χ4n) is 2.28. The first kappa shape index (κ1) is 8.00. The molecule has 0 amide bonds. The van der Waals surface area contributed by atoms with Crippen molar-refractivity contribution >= 4 is 5.78 Å². The molecule has 0 aromatic heterocycles. The Hall–Kier alpha value is -1.35. The number of carbonyl (C=O) groups excluding carboxylic acids is 1. The quantitative estimate of drug-likeness (QED) is 0.665. The van der Waals surface area contributed by atoms with Gasteiger partial charge in [-0.1, -0.05) is 6.07 Å². The Bertz CT molecular complexity index is 423. The van der Waals surface area contributed by atoms with Gasteiger partial charge in [-0.15, -0.1) is 0 Å². The highest BCUT2D eigenvalue weighted by Gasteiger charge is 2.30. The zero-order chi connectivity index (χ0) is 9.71. The predicted octanol–water partition coefficient (Wildman–Crippen LogP) is 1.07. The van der Waals surface area contributed by atoms with Crippen LogP contribution in [0.5, 0.6) is 5.75 Å². The summed E-state index contributed by atoms with van der Waals surface area (Å²) in [5.74, 6) is 0.862. The van der Waals surface area contributed by atoms with E-state index in [4.69, 9.17) is 4.74 Å². The lowest BCUT2D eigenvalue weighted by Crippen LogP contribution is -2.10. The molecular weight excluding hydrogens is 180 g/mol. The Balaban J connectivity index is 2.22. The molecule has 1 N–H and O–H groups in total. The molecule has 1 aromatic rings. The molecule has 3 rings (SSSR count). The van der Waals surface area contributed by atoms with E-state index >= 15 is 0 Å². The number of carbonyl (C=O) groups is 1. The van der Waals surface area contributed by atoms with Gasteiger partial charge in [-0.05, 0) is 18.1 Å². The minimum Gasteiger partial charge on any atom is -0.464 e. The number of benzene rings is 1. The number of ketones is 1. The summed E-state index contributed by atoms with van der Waals surface area (Å²) in [6.45, 7) is 0. The van der Waals surface area contributed by atoms with Gasteiger partial charge in [0.25, 0.3) is 0 Å². The maximum absolute atomic E-state index is 11.6. The van der Waals surface area contributed by atoms with Crippen LogP contribution in [0.3, 0.4) is 0 Å². The van der Waals surface area contributed by atoms with Crippen LogP contribution in [0, 0.1) is 0 Å². The Morgan fingerprint density at radius 3 is 3.07 bits per heavy atom. The maximum Gasteiger partial charge on any atom is 0.201 e. The minimum absolute atomic E-state index is 0.189. The van der Waals surface area contributed by atoms with Gasteiger partial charge >= 0.3 is 0 Å². The molecule has 0 fully saturated rings. The third kappa shape index (κ3) is 0.930. The van der Waals surface area contributed by atoms with Gasteiger partial charge in [0, 0.05) is 24.0 Å². The molecule has 1 atom stereocenters. The Morgan fingerprint density at radius 2 is 2.21 bits per heavy atom. The number of aryl methyl sites for hydroxylation is 1. The van der Waals surface area contributed by atoms with Gasteiger partial charge in [-0.25, -0.2) is 0 Å². The number of aliphatic hydroxyl groups is 1. The lowest BCUT2D eigenvalue weighted by atomic mass is 10.0. The number of aliphatic hydroxyl groups excluding tert-OH is 1. The van der Waals surface area contributed by atoms with E-state index in [9.17, 15) is 9.90 Å². The van der Waals surface area contributed by atoms with Crippen LogP contribution >= 0.6 is 0 Å². The zero-order valence-electron chi connectivity index (χ0n) is 7.62. The van der Waals surface area contributed by atoms with Crippen LogP contribution in [0.25, 0.3) is 0 Å². The van der Waals surface area contributed by atoms with E-state index in [2.05, 4.69) is 0 Å². The Kier molecular flexibility index (Phi) is 1.47. The topological polar surface area (TPSA) is 46.5 Å². The highest BCUT2D eigenvalue weighted by Crippen LogP contribution is 2.36. The SMILES string of the molecule is O=C1CCc2ccc3c(c21)CC(O)O3. The van der Waals surface area contributed by atoms with E-state index in [0.717, 1.165) is 23.1 Å². The van der Waals surface area contributed by atoms with E-state index in [0.29, 0.717) is 18.6 Å². The van der Waals surface area contributed by atoms with Crippen molar-refractivity contribution in [2.45, 2.75) is 25.6 Å². The van der Waals surface area contributed by atoms with Crippen LogP contribution in [0.4, 0.5) is 0 Å². The molecule has 1 unspecified atom stereocenters. The number of fused-ring (bicyclic) bond motifs is 3. The van der Waals surface area contributed by atoms with E-state index in [1.807, 2.05) is 12.1 Å². The molecule has 0 bridgehead atoms. The highest BCUT2D eigenvalue weighted by molar-refractivity contribution is 6.02. The third-order valence-corrected chi connectivity index (χ3v) is 2.90. The van der Waals surface area contributed by atoms with E-state index in [1.54, 1.807) is 0 Å². The lowest BCUT2D eigenvalue weighted by molar-refractivity contribution is 0.00214. The normalized spacial score (nSPS) is 23.2. The zero-order valence-corrected chi connectivity index (χ0v) is 7.62. The first-order valence-electron chi connectivity index (χ1n) is 4.78. The number of Topliss-reactive ketones (excluding diaryl/α,β-unsaturated/α-hetero) is 1. The maximum atomic E-state index is 11.6. The smallest absolute Gasteiger partial charge is 0.201 e. The Labute approximate surface area is 81.3 Å². The molecular formula is C11H10O3. The van der Waals surface area contributed by atoms with Gasteiger partial charge in [-0.3, -0.25) is 4.79 Å². The van der Waals surface area contributed by atoms with Crippen LogP contribution in [-0.4, -0.2) is 17.2 Å². The van der Waals surface area contributed by atoms with Gasteiger partial charge in [-0.2, -0.15) is 0 Å². The summed E-state index contributed by atoms with van der Waals surface area (Å²) >= 11 is 0. The van der Waals surface area contributed by atoms with Crippen molar-refractivity contribution < 1.29 is 14.6 Å². The highest BCUT2D eigenvalue weighted by atomic mass is 16.6. The molecule has 1 aliphatic heterocycles. The summed E-state index contributed by atoms with van der Waals surface area (Å²) in [5, 5.41) is 9.33. The molecule has 1 aliphatic carbocycles.